The van der Waals surface area contributed by atoms with Gasteiger partial charge in [-0.2, -0.15) is 0 Å². The van der Waals surface area contributed by atoms with Gasteiger partial charge in [-0.25, -0.2) is 4.98 Å². The zero-order chi connectivity index (χ0) is 29.4. The number of unbranched alkanes of at least 4 members (excludes halogenated alkanes) is 1. The summed E-state index contributed by atoms with van der Waals surface area (Å²) in [6.07, 6.45) is 3.59. The molecule has 0 aliphatic heterocycles. The zero-order valence-electron chi connectivity index (χ0n) is 22.2. The third kappa shape index (κ3) is 7.12. The molecule has 0 fully saturated rings. The molecule has 0 N–H and O–H groups in total. The number of pyridine rings is 1. The van der Waals surface area contributed by atoms with Crippen molar-refractivity contribution in [2.45, 2.75) is 26.2 Å². The molecule has 0 amide bonds. The van der Waals surface area contributed by atoms with Crippen LogP contribution >= 0.6 is 0 Å². The molecule has 5 aromatic rings. The van der Waals surface area contributed by atoms with Gasteiger partial charge in [0.2, 0.25) is 0 Å². The Hall–Kier alpha value is -5.51. The molecule has 1 heterocycles. The number of benzene rings is 4. The predicted molar refractivity (Wildman–Crippen MR) is 158 cm³/mol. The van der Waals surface area contributed by atoms with Crippen LogP contribution < -0.4 is 0 Å². The average Bonchev–Trinajstić information content (AvgIpc) is 3.00. The van der Waals surface area contributed by atoms with Crippen LogP contribution in [0.1, 0.15) is 25.3 Å². The van der Waals surface area contributed by atoms with Gasteiger partial charge in [0.05, 0.1) is 44.2 Å². The van der Waals surface area contributed by atoms with Crippen molar-refractivity contribution in [1.29, 1.82) is 0 Å². The fourth-order valence-electron chi connectivity index (χ4n) is 4.34. The maximum Gasteiger partial charge on any atom is 0.283 e. The lowest BCUT2D eigenvalue weighted by Crippen LogP contribution is -1.96. The number of aryl methyl sites for hydroxylation is 1. The van der Waals surface area contributed by atoms with Crippen LogP contribution in [0, 0.1) is 30.3 Å². The molecular weight excluding hydrogens is 524 g/mol. The van der Waals surface area contributed by atoms with Crippen molar-refractivity contribution in [3.8, 4) is 22.4 Å². The monoisotopic (exact) mass is 550 g/mol. The summed E-state index contributed by atoms with van der Waals surface area (Å²) in [5.74, 6) is 0. The van der Waals surface area contributed by atoms with E-state index in [-0.39, 0.29) is 0 Å². The Morgan fingerprint density at radius 3 is 1.78 bits per heavy atom. The molecule has 0 bridgehead atoms. The summed E-state index contributed by atoms with van der Waals surface area (Å²) in [7, 11) is 0. The number of para-hydroxylation sites is 1. The summed E-state index contributed by atoms with van der Waals surface area (Å²) < 4.78 is 0. The first-order chi connectivity index (χ1) is 19.8. The second-order valence-electron chi connectivity index (χ2n) is 9.22. The van der Waals surface area contributed by atoms with Gasteiger partial charge in [-0.1, -0.05) is 86.1 Å². The summed E-state index contributed by atoms with van der Waals surface area (Å²) in [5.41, 5.74) is 5.11. The highest BCUT2D eigenvalue weighted by atomic mass is 16.6. The van der Waals surface area contributed by atoms with Crippen molar-refractivity contribution in [3.63, 3.8) is 0 Å². The molecule has 0 unspecified atom stereocenters. The van der Waals surface area contributed by atoms with Crippen LogP contribution in [-0.4, -0.2) is 19.8 Å². The molecule has 0 atom stereocenters. The van der Waals surface area contributed by atoms with Crippen LogP contribution in [0.15, 0.2) is 103 Å². The molecule has 41 heavy (non-hydrogen) atoms. The normalized spacial score (nSPS) is 10.5. The van der Waals surface area contributed by atoms with Gasteiger partial charge in [0.1, 0.15) is 0 Å². The van der Waals surface area contributed by atoms with Crippen LogP contribution in [0.25, 0.3) is 33.3 Å². The minimum atomic E-state index is -0.931. The highest BCUT2D eigenvalue weighted by Crippen LogP contribution is 2.32. The van der Waals surface area contributed by atoms with E-state index in [1.165, 1.54) is 34.9 Å². The van der Waals surface area contributed by atoms with Crippen molar-refractivity contribution >= 4 is 28.0 Å². The van der Waals surface area contributed by atoms with E-state index in [0.29, 0.717) is 18.2 Å². The molecule has 0 saturated carbocycles. The lowest BCUT2D eigenvalue weighted by atomic mass is 9.96. The van der Waals surface area contributed by atoms with E-state index in [4.69, 9.17) is 4.98 Å². The number of aromatic nitrogens is 1. The molecule has 1 aromatic heterocycles. The molecule has 206 valence electrons. The van der Waals surface area contributed by atoms with Crippen molar-refractivity contribution in [3.05, 3.63) is 139 Å². The van der Waals surface area contributed by atoms with E-state index in [2.05, 4.69) is 85.8 Å². The number of hydrogen-bond acceptors (Lipinski definition) is 7. The number of rotatable bonds is 8. The van der Waals surface area contributed by atoms with E-state index < -0.39 is 31.8 Å². The molecule has 5 rings (SSSR count). The lowest BCUT2D eigenvalue weighted by molar-refractivity contribution is -0.403. The van der Waals surface area contributed by atoms with Crippen LogP contribution in [0.2, 0.25) is 0 Å². The Morgan fingerprint density at radius 2 is 1.20 bits per heavy atom. The van der Waals surface area contributed by atoms with E-state index in [1.54, 1.807) is 0 Å². The van der Waals surface area contributed by atoms with Gasteiger partial charge in [0, 0.05) is 10.9 Å². The summed E-state index contributed by atoms with van der Waals surface area (Å²) in [6, 6.07) is 32.0. The Morgan fingerprint density at radius 1 is 0.634 bits per heavy atom. The van der Waals surface area contributed by atoms with Gasteiger partial charge in [-0.3, -0.25) is 30.3 Å². The van der Waals surface area contributed by atoms with Crippen LogP contribution in [-0.2, 0) is 6.42 Å². The fourth-order valence-corrected chi connectivity index (χ4v) is 4.34. The Labute approximate surface area is 235 Å². The number of non-ortho nitro benzene ring substituents is 3. The summed E-state index contributed by atoms with van der Waals surface area (Å²) in [4.78, 5) is 33.0. The molecule has 0 saturated heterocycles. The molecule has 0 aliphatic carbocycles. The number of nitrogens with zero attached hydrogens (tertiary/aromatic N) is 4. The standard InChI is InChI=1S/C25H23N.C6H3N3O6/c1-2-3-10-19-11-9-14-21(17-19)23-18-25(20-12-5-4-6-13-20)26-24-16-8-7-15-22(23)24;10-7(11)4-1-5(8(12)13)3-6(2-4)9(14)15/h4-9,11-18H,2-3,10H2,1H3;1-3H. The third-order valence-corrected chi connectivity index (χ3v) is 6.36. The van der Waals surface area contributed by atoms with Crippen molar-refractivity contribution < 1.29 is 14.8 Å². The van der Waals surface area contributed by atoms with Gasteiger partial charge in [0.15, 0.2) is 0 Å². The number of hydrogen-bond donors (Lipinski definition) is 0. The number of nitro benzene ring substituents is 3. The molecular formula is C31H26N4O6. The van der Waals surface area contributed by atoms with Crippen molar-refractivity contribution in [1.82, 2.24) is 4.98 Å². The highest BCUT2D eigenvalue weighted by Gasteiger charge is 2.21. The highest BCUT2D eigenvalue weighted by molar-refractivity contribution is 5.96. The average molecular weight is 551 g/mol. The Bertz CT molecular complexity index is 1640. The van der Waals surface area contributed by atoms with Crippen LogP contribution in [0.4, 0.5) is 17.1 Å². The number of nitro groups is 3. The minimum absolute atomic E-state index is 0.660. The molecule has 0 aliphatic rings. The topological polar surface area (TPSA) is 142 Å². The van der Waals surface area contributed by atoms with Gasteiger partial charge >= 0.3 is 0 Å². The van der Waals surface area contributed by atoms with Gasteiger partial charge in [0.25, 0.3) is 17.1 Å². The minimum Gasteiger partial charge on any atom is -0.258 e. The fraction of sp³-hybridized carbons (Fsp3) is 0.129. The van der Waals surface area contributed by atoms with Crippen LogP contribution in [0.3, 0.4) is 0 Å². The van der Waals surface area contributed by atoms with Gasteiger partial charge < -0.3 is 0 Å². The summed E-state index contributed by atoms with van der Waals surface area (Å²) in [6.45, 7) is 2.24. The smallest absolute Gasteiger partial charge is 0.258 e. The maximum atomic E-state index is 10.3. The lowest BCUT2D eigenvalue weighted by Gasteiger charge is -2.11. The van der Waals surface area contributed by atoms with Gasteiger partial charge in [-0.05, 0) is 41.7 Å². The largest absolute Gasteiger partial charge is 0.283 e. The first-order valence-corrected chi connectivity index (χ1v) is 12.9. The Kier molecular flexibility index (Phi) is 9.06. The second-order valence-corrected chi connectivity index (χ2v) is 9.22. The molecule has 0 spiro atoms. The summed E-state index contributed by atoms with van der Waals surface area (Å²) in [5, 5.41) is 32.1. The zero-order valence-corrected chi connectivity index (χ0v) is 22.2. The van der Waals surface area contributed by atoms with E-state index in [9.17, 15) is 30.3 Å². The van der Waals surface area contributed by atoms with Crippen molar-refractivity contribution in [2.24, 2.45) is 0 Å². The molecule has 10 heteroatoms. The SMILES string of the molecule is CCCCc1cccc(-c2cc(-c3ccccc3)nc3ccccc23)c1.O=[N+]([O-])c1cc([N+](=O)[O-])cc([N+](=O)[O-])c1. The van der Waals surface area contributed by atoms with Gasteiger partial charge in [-0.15, -0.1) is 0 Å². The third-order valence-electron chi connectivity index (χ3n) is 6.36. The first-order valence-electron chi connectivity index (χ1n) is 12.9. The second kappa shape index (κ2) is 13.0. The maximum absolute atomic E-state index is 10.3. The predicted octanol–water partition coefficient (Wildman–Crippen LogP) is 8.32. The first kappa shape index (κ1) is 28.5. The number of fused-ring (bicyclic) bond motifs is 1. The molecule has 0 radical (unpaired) electrons. The van der Waals surface area contributed by atoms with E-state index in [1.807, 2.05) is 6.07 Å². The van der Waals surface area contributed by atoms with E-state index in [0.717, 1.165) is 23.2 Å². The van der Waals surface area contributed by atoms with E-state index >= 15 is 0 Å². The van der Waals surface area contributed by atoms with Crippen LogP contribution in [0.5, 0.6) is 0 Å². The molecule has 10 nitrogen and oxygen atoms in total. The summed E-state index contributed by atoms with van der Waals surface area (Å²) >= 11 is 0. The molecule has 4 aromatic carbocycles. The quantitative estimate of drug-likeness (QED) is 0.140. The van der Waals surface area contributed by atoms with Crippen molar-refractivity contribution in [2.75, 3.05) is 0 Å². The Balaban J connectivity index is 0.000000221.